The first-order valence-corrected chi connectivity index (χ1v) is 6.24. The molecule has 0 saturated heterocycles. The zero-order chi connectivity index (χ0) is 14.0. The van der Waals surface area contributed by atoms with E-state index in [0.29, 0.717) is 11.5 Å². The van der Waals surface area contributed by atoms with Crippen LogP contribution < -0.4 is 9.47 Å². The molecular weight excluding hydrogens is 248 g/mol. The molecule has 0 atom stereocenters. The summed E-state index contributed by atoms with van der Waals surface area (Å²) >= 11 is 0. The molecule has 0 N–H and O–H groups in total. The first kappa shape index (κ1) is 13.6. The molecule has 0 aliphatic carbocycles. The molecule has 0 bridgehead atoms. The van der Waals surface area contributed by atoms with E-state index in [1.54, 1.807) is 6.92 Å². The van der Waals surface area contributed by atoms with E-state index < -0.39 is 6.29 Å². The zero-order valence-corrected chi connectivity index (χ0v) is 11.2. The minimum atomic E-state index is -0.694. The number of benzene rings is 2. The van der Waals surface area contributed by atoms with Crippen molar-refractivity contribution in [2.45, 2.75) is 13.2 Å². The van der Waals surface area contributed by atoms with Gasteiger partial charge in [0, 0.05) is 0 Å². The first-order valence-electron chi connectivity index (χ1n) is 6.24. The van der Waals surface area contributed by atoms with Crippen LogP contribution in [0.2, 0.25) is 0 Å². The smallest absolute Gasteiger partial charge is 0.307 e. The number of hydrogen-bond acceptors (Lipinski definition) is 2. The van der Waals surface area contributed by atoms with Crippen LogP contribution in [0.1, 0.15) is 6.92 Å². The highest BCUT2D eigenvalue weighted by molar-refractivity contribution is 5.29. The molecule has 0 unspecified atom stereocenters. The second-order valence-corrected chi connectivity index (χ2v) is 3.84. The molecule has 0 aliphatic heterocycles. The molecule has 0 spiro atoms. The highest BCUT2D eigenvalue weighted by atomic mass is 16.7. The monoisotopic (exact) mass is 262 g/mol. The average molecular weight is 262 g/mol. The molecular formula is C18H14O2. The van der Waals surface area contributed by atoms with Crippen molar-refractivity contribution in [1.29, 1.82) is 0 Å². The molecule has 0 aromatic heterocycles. The van der Waals surface area contributed by atoms with Gasteiger partial charge in [-0.15, -0.1) is 0 Å². The van der Waals surface area contributed by atoms with Crippen LogP contribution in [0.5, 0.6) is 11.5 Å². The van der Waals surface area contributed by atoms with Crippen LogP contribution in [0.4, 0.5) is 0 Å². The first-order chi connectivity index (χ1) is 9.88. The Morgan fingerprint density at radius 2 is 1.25 bits per heavy atom. The Hall–Kier alpha value is -2.84. The molecule has 20 heavy (non-hydrogen) atoms. The maximum absolute atomic E-state index is 5.70. The van der Waals surface area contributed by atoms with Crippen molar-refractivity contribution in [2.75, 3.05) is 0 Å². The quantitative estimate of drug-likeness (QED) is 0.620. The van der Waals surface area contributed by atoms with Gasteiger partial charge in [0.25, 0.3) is 0 Å². The lowest BCUT2D eigenvalue weighted by atomic mass is 10.3. The van der Waals surface area contributed by atoms with E-state index in [4.69, 9.17) is 9.47 Å². The third kappa shape index (κ3) is 4.44. The summed E-state index contributed by atoms with van der Waals surface area (Å²) in [4.78, 5) is 0. The molecule has 2 aromatic carbocycles. The Labute approximate surface area is 119 Å². The fraction of sp³-hybridized carbons (Fsp3) is 0.111. The van der Waals surface area contributed by atoms with E-state index in [-0.39, 0.29) is 0 Å². The van der Waals surface area contributed by atoms with Gasteiger partial charge in [0.1, 0.15) is 11.5 Å². The van der Waals surface area contributed by atoms with Crippen LogP contribution in [-0.4, -0.2) is 6.29 Å². The Morgan fingerprint density at radius 3 is 1.70 bits per heavy atom. The van der Waals surface area contributed by atoms with Crippen molar-refractivity contribution in [1.82, 2.24) is 0 Å². The maximum atomic E-state index is 5.70. The lowest BCUT2D eigenvalue weighted by molar-refractivity contribution is 0.0556. The zero-order valence-electron chi connectivity index (χ0n) is 11.2. The van der Waals surface area contributed by atoms with Gasteiger partial charge in [0.15, 0.2) is 0 Å². The molecule has 0 radical (unpaired) electrons. The predicted octanol–water partition coefficient (Wildman–Crippen LogP) is 3.50. The van der Waals surface area contributed by atoms with Crippen molar-refractivity contribution in [2.24, 2.45) is 0 Å². The number of hydrogen-bond donors (Lipinski definition) is 0. The predicted molar refractivity (Wildman–Crippen MR) is 79.2 cm³/mol. The van der Waals surface area contributed by atoms with Crippen molar-refractivity contribution in [3.05, 3.63) is 60.7 Å². The van der Waals surface area contributed by atoms with Gasteiger partial charge in [-0.05, 0) is 49.0 Å². The van der Waals surface area contributed by atoms with E-state index in [1.807, 2.05) is 60.7 Å². The fourth-order valence-electron chi connectivity index (χ4n) is 1.49. The Bertz CT molecular complexity index is 598. The SMILES string of the molecule is CC#CC#CC(Oc1ccccc1)Oc1ccccc1. The average Bonchev–Trinajstić information content (AvgIpc) is 2.49. The third-order valence-corrected chi connectivity index (χ3v) is 2.35. The van der Waals surface area contributed by atoms with E-state index in [0.717, 1.165) is 0 Å². The number of rotatable bonds is 4. The molecule has 0 amide bonds. The Kier molecular flexibility index (Phi) is 5.14. The van der Waals surface area contributed by atoms with Crippen molar-refractivity contribution >= 4 is 0 Å². The lowest BCUT2D eigenvalue weighted by Gasteiger charge is -2.15. The highest BCUT2D eigenvalue weighted by Gasteiger charge is 2.08. The van der Waals surface area contributed by atoms with Gasteiger partial charge in [-0.1, -0.05) is 42.3 Å². The fourth-order valence-corrected chi connectivity index (χ4v) is 1.49. The lowest BCUT2D eigenvalue weighted by Crippen LogP contribution is -2.21. The molecule has 2 rings (SSSR count). The van der Waals surface area contributed by atoms with Gasteiger partial charge in [-0.3, -0.25) is 0 Å². The summed E-state index contributed by atoms with van der Waals surface area (Å²) in [5.74, 6) is 12.4. The van der Waals surface area contributed by atoms with Gasteiger partial charge in [-0.2, -0.15) is 0 Å². The number of para-hydroxylation sites is 2. The summed E-state index contributed by atoms with van der Waals surface area (Å²) in [6.07, 6.45) is -0.694. The normalized spacial score (nSPS) is 8.90. The highest BCUT2D eigenvalue weighted by Crippen LogP contribution is 2.15. The van der Waals surface area contributed by atoms with Crippen LogP contribution in [-0.2, 0) is 0 Å². The van der Waals surface area contributed by atoms with Crippen molar-refractivity contribution in [3.8, 4) is 35.2 Å². The summed E-state index contributed by atoms with van der Waals surface area (Å²) in [5, 5.41) is 0. The molecule has 2 heteroatoms. The standard InChI is InChI=1S/C18H14O2/c1-2-3-6-15-18(19-16-11-7-4-8-12-16)20-17-13-9-5-10-14-17/h4-5,7-14,18H,1H3. The van der Waals surface area contributed by atoms with Crippen LogP contribution in [0.15, 0.2) is 60.7 Å². The van der Waals surface area contributed by atoms with Gasteiger partial charge in [0.05, 0.1) is 0 Å². The second kappa shape index (κ2) is 7.56. The minimum absolute atomic E-state index is 0.694. The van der Waals surface area contributed by atoms with Crippen LogP contribution in [0.3, 0.4) is 0 Å². The molecule has 0 fully saturated rings. The molecule has 0 heterocycles. The van der Waals surface area contributed by atoms with E-state index in [2.05, 4.69) is 23.7 Å². The number of ether oxygens (including phenoxy) is 2. The Balaban J connectivity index is 2.12. The summed E-state index contributed by atoms with van der Waals surface area (Å²) in [7, 11) is 0. The second-order valence-electron chi connectivity index (χ2n) is 3.84. The molecule has 98 valence electrons. The topological polar surface area (TPSA) is 18.5 Å². The van der Waals surface area contributed by atoms with Crippen LogP contribution >= 0.6 is 0 Å². The van der Waals surface area contributed by atoms with Crippen molar-refractivity contribution < 1.29 is 9.47 Å². The van der Waals surface area contributed by atoms with Gasteiger partial charge in [0.2, 0.25) is 0 Å². The summed E-state index contributed by atoms with van der Waals surface area (Å²) in [6.45, 7) is 1.74. The molecule has 0 saturated carbocycles. The molecule has 2 nitrogen and oxygen atoms in total. The maximum Gasteiger partial charge on any atom is 0.307 e. The third-order valence-electron chi connectivity index (χ3n) is 2.35. The van der Waals surface area contributed by atoms with Crippen LogP contribution in [0.25, 0.3) is 0 Å². The largest absolute Gasteiger partial charge is 0.444 e. The van der Waals surface area contributed by atoms with E-state index in [1.165, 1.54) is 0 Å². The van der Waals surface area contributed by atoms with Crippen molar-refractivity contribution in [3.63, 3.8) is 0 Å². The minimum Gasteiger partial charge on any atom is -0.444 e. The van der Waals surface area contributed by atoms with E-state index in [9.17, 15) is 0 Å². The summed E-state index contributed by atoms with van der Waals surface area (Å²) in [5.41, 5.74) is 0. The summed E-state index contributed by atoms with van der Waals surface area (Å²) < 4.78 is 11.4. The Morgan fingerprint density at radius 1 is 0.750 bits per heavy atom. The van der Waals surface area contributed by atoms with Gasteiger partial charge < -0.3 is 9.47 Å². The van der Waals surface area contributed by atoms with Gasteiger partial charge >= 0.3 is 6.29 Å². The molecule has 0 aliphatic rings. The van der Waals surface area contributed by atoms with E-state index >= 15 is 0 Å². The van der Waals surface area contributed by atoms with Crippen LogP contribution in [0, 0.1) is 23.7 Å². The van der Waals surface area contributed by atoms with Gasteiger partial charge in [-0.25, -0.2) is 0 Å². The summed E-state index contributed by atoms with van der Waals surface area (Å²) in [6, 6.07) is 18.9. The molecule has 2 aromatic rings.